The third-order valence-corrected chi connectivity index (χ3v) is 6.15. The highest BCUT2D eigenvalue weighted by Gasteiger charge is 2.34. The lowest BCUT2D eigenvalue weighted by atomic mass is 9.93. The summed E-state index contributed by atoms with van der Waals surface area (Å²) >= 11 is 7.79. The van der Waals surface area contributed by atoms with E-state index in [1.165, 1.54) is 10.4 Å². The van der Waals surface area contributed by atoms with Crippen molar-refractivity contribution in [2.75, 3.05) is 19.6 Å². The molecule has 0 unspecified atom stereocenters. The molecule has 1 aliphatic heterocycles. The minimum absolute atomic E-state index is 0.0305. The zero-order valence-corrected chi connectivity index (χ0v) is 18.2. The molecule has 0 aliphatic carbocycles. The molecular weight excluding hydrogens is 392 g/mol. The summed E-state index contributed by atoms with van der Waals surface area (Å²) in [6.07, 6.45) is 0.853. The molecule has 1 aliphatic rings. The SMILES string of the molecule is CC(C)CN(CC(=O)N1CCc2sccc2[C@H]1c1ccccc1)C(=O)[C@@H](C)Cl. The van der Waals surface area contributed by atoms with Crippen molar-refractivity contribution in [3.63, 3.8) is 0 Å². The summed E-state index contributed by atoms with van der Waals surface area (Å²) in [7, 11) is 0. The van der Waals surface area contributed by atoms with Crippen molar-refractivity contribution in [2.45, 2.75) is 38.6 Å². The number of halogens is 1. The number of carbonyl (C=O) groups is 2. The smallest absolute Gasteiger partial charge is 0.242 e. The first-order valence-electron chi connectivity index (χ1n) is 9.72. The van der Waals surface area contributed by atoms with Crippen LogP contribution in [0.5, 0.6) is 0 Å². The van der Waals surface area contributed by atoms with Gasteiger partial charge < -0.3 is 9.80 Å². The van der Waals surface area contributed by atoms with Crippen molar-refractivity contribution in [1.29, 1.82) is 0 Å². The van der Waals surface area contributed by atoms with Gasteiger partial charge in [-0.3, -0.25) is 9.59 Å². The minimum atomic E-state index is -0.638. The molecule has 1 aromatic carbocycles. The predicted molar refractivity (Wildman–Crippen MR) is 115 cm³/mol. The topological polar surface area (TPSA) is 40.6 Å². The number of amides is 2. The van der Waals surface area contributed by atoms with Crippen LogP contribution in [0.25, 0.3) is 0 Å². The van der Waals surface area contributed by atoms with Crippen LogP contribution >= 0.6 is 22.9 Å². The van der Waals surface area contributed by atoms with E-state index in [-0.39, 0.29) is 30.3 Å². The maximum atomic E-state index is 13.3. The number of nitrogens with zero attached hydrogens (tertiary/aromatic N) is 2. The molecule has 28 heavy (non-hydrogen) atoms. The number of fused-ring (bicyclic) bond motifs is 1. The molecule has 0 fully saturated rings. The Kier molecular flexibility index (Phi) is 6.78. The van der Waals surface area contributed by atoms with Crippen molar-refractivity contribution in [1.82, 2.24) is 9.80 Å². The van der Waals surface area contributed by atoms with Gasteiger partial charge in [0, 0.05) is 18.0 Å². The highest BCUT2D eigenvalue weighted by Crippen LogP contribution is 2.37. The van der Waals surface area contributed by atoms with Crippen molar-refractivity contribution in [3.8, 4) is 0 Å². The molecule has 4 nitrogen and oxygen atoms in total. The molecule has 150 valence electrons. The number of thiophene rings is 1. The quantitative estimate of drug-likeness (QED) is 0.655. The second-order valence-corrected chi connectivity index (χ2v) is 9.33. The van der Waals surface area contributed by atoms with E-state index < -0.39 is 5.38 Å². The average molecular weight is 419 g/mol. The summed E-state index contributed by atoms with van der Waals surface area (Å²) in [4.78, 5) is 30.7. The van der Waals surface area contributed by atoms with Gasteiger partial charge >= 0.3 is 0 Å². The Labute approximate surface area is 176 Å². The number of hydrogen-bond acceptors (Lipinski definition) is 3. The Hall–Kier alpha value is -1.85. The molecule has 2 heterocycles. The molecule has 2 aromatic rings. The van der Waals surface area contributed by atoms with Crippen LogP contribution in [0.3, 0.4) is 0 Å². The number of benzene rings is 1. The summed E-state index contributed by atoms with van der Waals surface area (Å²) in [5, 5.41) is 1.46. The maximum Gasteiger partial charge on any atom is 0.242 e. The molecule has 0 spiro atoms. The first-order valence-corrected chi connectivity index (χ1v) is 11.0. The van der Waals surface area contributed by atoms with E-state index in [9.17, 15) is 9.59 Å². The molecule has 1 aromatic heterocycles. The lowest BCUT2D eigenvalue weighted by Crippen LogP contribution is -2.48. The third kappa shape index (κ3) is 4.58. The molecule has 0 N–H and O–H groups in total. The molecule has 0 saturated heterocycles. The molecule has 2 amide bonds. The molecule has 6 heteroatoms. The predicted octanol–water partition coefficient (Wildman–Crippen LogP) is 4.33. The van der Waals surface area contributed by atoms with Crippen LogP contribution in [0.4, 0.5) is 0 Å². The zero-order chi connectivity index (χ0) is 20.3. The number of carbonyl (C=O) groups excluding carboxylic acids is 2. The molecule has 0 radical (unpaired) electrons. The Balaban J connectivity index is 1.87. The Morgan fingerprint density at radius 1 is 1.21 bits per heavy atom. The van der Waals surface area contributed by atoms with Gasteiger partial charge in [-0.2, -0.15) is 0 Å². The lowest BCUT2D eigenvalue weighted by Gasteiger charge is -2.38. The van der Waals surface area contributed by atoms with Crippen LogP contribution in [0.1, 0.15) is 42.8 Å². The fourth-order valence-corrected chi connectivity index (χ4v) is 4.80. The molecule has 3 rings (SSSR count). The van der Waals surface area contributed by atoms with Crippen LogP contribution in [0.15, 0.2) is 41.8 Å². The van der Waals surface area contributed by atoms with Crippen LogP contribution in [-0.2, 0) is 16.0 Å². The monoisotopic (exact) mass is 418 g/mol. The first kappa shape index (κ1) is 20.9. The largest absolute Gasteiger partial charge is 0.332 e. The minimum Gasteiger partial charge on any atom is -0.332 e. The van der Waals surface area contributed by atoms with E-state index in [1.54, 1.807) is 23.2 Å². The van der Waals surface area contributed by atoms with Crippen molar-refractivity contribution >= 4 is 34.8 Å². The van der Waals surface area contributed by atoms with Crippen LogP contribution < -0.4 is 0 Å². The van der Waals surface area contributed by atoms with Gasteiger partial charge in [-0.25, -0.2) is 0 Å². The lowest BCUT2D eigenvalue weighted by molar-refractivity contribution is -0.141. The first-order chi connectivity index (χ1) is 13.4. The van der Waals surface area contributed by atoms with Crippen molar-refractivity contribution in [2.24, 2.45) is 5.92 Å². The van der Waals surface area contributed by atoms with Gasteiger partial charge in [-0.1, -0.05) is 44.2 Å². The number of rotatable bonds is 6. The van der Waals surface area contributed by atoms with Gasteiger partial charge in [-0.05, 0) is 41.8 Å². The van der Waals surface area contributed by atoms with E-state index in [0.29, 0.717) is 13.1 Å². The van der Waals surface area contributed by atoms with Gasteiger partial charge in [0.2, 0.25) is 11.8 Å². The third-order valence-electron chi connectivity index (χ3n) is 4.97. The van der Waals surface area contributed by atoms with Gasteiger partial charge in [-0.15, -0.1) is 22.9 Å². The summed E-state index contributed by atoms with van der Waals surface area (Å²) in [6.45, 7) is 6.98. The zero-order valence-electron chi connectivity index (χ0n) is 16.6. The fourth-order valence-electron chi connectivity index (χ4n) is 3.76. The maximum absolute atomic E-state index is 13.3. The number of alkyl halides is 1. The Bertz CT molecular complexity index is 819. The van der Waals surface area contributed by atoms with Gasteiger partial charge in [0.1, 0.15) is 5.38 Å². The molecule has 0 saturated carbocycles. The summed E-state index contributed by atoms with van der Waals surface area (Å²) < 4.78 is 0. The van der Waals surface area contributed by atoms with Crippen LogP contribution in [0.2, 0.25) is 0 Å². The molecule has 2 atom stereocenters. The average Bonchev–Trinajstić information content (AvgIpc) is 3.15. The van der Waals surface area contributed by atoms with E-state index in [1.807, 2.05) is 36.9 Å². The Morgan fingerprint density at radius 2 is 1.93 bits per heavy atom. The van der Waals surface area contributed by atoms with Crippen molar-refractivity contribution in [3.05, 3.63) is 57.8 Å². The van der Waals surface area contributed by atoms with E-state index in [0.717, 1.165) is 12.0 Å². The Morgan fingerprint density at radius 3 is 2.57 bits per heavy atom. The van der Waals surface area contributed by atoms with Crippen LogP contribution in [-0.4, -0.2) is 46.6 Å². The second-order valence-electron chi connectivity index (χ2n) is 7.68. The van der Waals surface area contributed by atoms with E-state index in [2.05, 4.69) is 23.6 Å². The van der Waals surface area contributed by atoms with E-state index in [4.69, 9.17) is 11.6 Å². The normalized spacial score (nSPS) is 17.3. The molecule has 0 bridgehead atoms. The fraction of sp³-hybridized carbons (Fsp3) is 0.455. The number of hydrogen-bond donors (Lipinski definition) is 0. The summed E-state index contributed by atoms with van der Waals surface area (Å²) in [5.74, 6) is 0.0483. The van der Waals surface area contributed by atoms with E-state index >= 15 is 0 Å². The molecular formula is C22H27ClN2O2S. The standard InChI is InChI=1S/C22H27ClN2O2S/c1-15(2)13-24(22(27)16(3)23)14-20(26)25-11-9-19-18(10-12-28-19)21(25)17-7-5-4-6-8-17/h4-8,10,12,15-16,21H,9,11,13-14H2,1-3H3/t16-,21-/m1/s1. The van der Waals surface area contributed by atoms with Gasteiger partial charge in [0.15, 0.2) is 0 Å². The highest BCUT2D eigenvalue weighted by molar-refractivity contribution is 7.10. The summed E-state index contributed by atoms with van der Waals surface area (Å²) in [5.41, 5.74) is 2.30. The highest BCUT2D eigenvalue weighted by atomic mass is 35.5. The van der Waals surface area contributed by atoms with Crippen molar-refractivity contribution < 1.29 is 9.59 Å². The second kappa shape index (κ2) is 9.10. The van der Waals surface area contributed by atoms with Crippen LogP contribution in [0, 0.1) is 5.92 Å². The summed E-state index contributed by atoms with van der Waals surface area (Å²) in [6, 6.07) is 12.1. The van der Waals surface area contributed by atoms with Gasteiger partial charge in [0.25, 0.3) is 0 Å². The van der Waals surface area contributed by atoms with Gasteiger partial charge in [0.05, 0.1) is 12.6 Å².